The first-order chi connectivity index (χ1) is 9.20. The zero-order valence-electron chi connectivity index (χ0n) is 11.0. The second kappa shape index (κ2) is 7.03. The SMILES string of the molecule is COCc1c(Br)cccc1NC(=O)CC1CCCN1. The van der Waals surface area contributed by atoms with Gasteiger partial charge in [0.15, 0.2) is 0 Å². The highest BCUT2D eigenvalue weighted by molar-refractivity contribution is 9.10. The van der Waals surface area contributed by atoms with Crippen molar-refractivity contribution in [2.75, 3.05) is 19.0 Å². The molecule has 1 saturated heterocycles. The average molecular weight is 327 g/mol. The van der Waals surface area contributed by atoms with Crippen molar-refractivity contribution in [2.45, 2.75) is 31.9 Å². The molecule has 1 unspecified atom stereocenters. The first-order valence-corrected chi connectivity index (χ1v) is 7.29. The quantitative estimate of drug-likeness (QED) is 0.874. The Morgan fingerprint density at radius 3 is 3.11 bits per heavy atom. The highest BCUT2D eigenvalue weighted by Gasteiger charge is 2.18. The highest BCUT2D eigenvalue weighted by Crippen LogP contribution is 2.26. The molecule has 1 aromatic rings. The summed E-state index contributed by atoms with van der Waals surface area (Å²) in [5, 5.41) is 6.30. The first kappa shape index (κ1) is 14.5. The van der Waals surface area contributed by atoms with Crippen LogP contribution in [0.2, 0.25) is 0 Å². The third-order valence-electron chi connectivity index (χ3n) is 3.28. The summed E-state index contributed by atoms with van der Waals surface area (Å²) in [6, 6.07) is 6.08. The van der Waals surface area contributed by atoms with E-state index in [9.17, 15) is 4.79 Å². The van der Waals surface area contributed by atoms with Crippen LogP contribution in [0.3, 0.4) is 0 Å². The summed E-state index contributed by atoms with van der Waals surface area (Å²) >= 11 is 3.48. The molecule has 0 bridgehead atoms. The van der Waals surface area contributed by atoms with Gasteiger partial charge in [-0.05, 0) is 31.5 Å². The molecule has 2 N–H and O–H groups in total. The molecule has 1 atom stereocenters. The molecular formula is C14H19BrN2O2. The Morgan fingerprint density at radius 1 is 1.58 bits per heavy atom. The molecule has 1 heterocycles. The molecule has 0 saturated carbocycles. The number of ether oxygens (including phenoxy) is 1. The molecular weight excluding hydrogens is 308 g/mol. The zero-order valence-corrected chi connectivity index (χ0v) is 12.6. The monoisotopic (exact) mass is 326 g/mol. The predicted molar refractivity (Wildman–Crippen MR) is 79.1 cm³/mol. The molecule has 1 amide bonds. The number of hydrogen-bond donors (Lipinski definition) is 2. The van der Waals surface area contributed by atoms with Crippen LogP contribution >= 0.6 is 15.9 Å². The zero-order chi connectivity index (χ0) is 13.7. The standard InChI is InChI=1S/C14H19BrN2O2/c1-19-9-11-12(15)5-2-6-13(11)17-14(18)8-10-4-3-7-16-10/h2,5-6,10,16H,3-4,7-9H2,1H3,(H,17,18). The summed E-state index contributed by atoms with van der Waals surface area (Å²) < 4.78 is 6.12. The Morgan fingerprint density at radius 2 is 2.42 bits per heavy atom. The Labute approximate surface area is 122 Å². The van der Waals surface area contributed by atoms with E-state index in [1.807, 2.05) is 18.2 Å². The summed E-state index contributed by atoms with van der Waals surface area (Å²) in [5.74, 6) is 0.0508. The third kappa shape index (κ3) is 4.03. The maximum Gasteiger partial charge on any atom is 0.225 e. The molecule has 19 heavy (non-hydrogen) atoms. The van der Waals surface area contributed by atoms with Gasteiger partial charge in [-0.1, -0.05) is 22.0 Å². The summed E-state index contributed by atoms with van der Waals surface area (Å²) in [7, 11) is 1.65. The van der Waals surface area contributed by atoms with Gasteiger partial charge in [0.1, 0.15) is 0 Å². The highest BCUT2D eigenvalue weighted by atomic mass is 79.9. The molecule has 0 aliphatic carbocycles. The minimum absolute atomic E-state index is 0.0508. The van der Waals surface area contributed by atoms with Gasteiger partial charge in [-0.3, -0.25) is 4.79 Å². The number of hydrogen-bond acceptors (Lipinski definition) is 3. The van der Waals surface area contributed by atoms with Crippen LogP contribution in [-0.4, -0.2) is 25.6 Å². The van der Waals surface area contributed by atoms with Crippen LogP contribution in [0.4, 0.5) is 5.69 Å². The van der Waals surface area contributed by atoms with Crippen molar-refractivity contribution in [3.05, 3.63) is 28.2 Å². The molecule has 0 spiro atoms. The van der Waals surface area contributed by atoms with Crippen LogP contribution in [0.5, 0.6) is 0 Å². The molecule has 1 aliphatic heterocycles. The van der Waals surface area contributed by atoms with Crippen LogP contribution in [0.1, 0.15) is 24.8 Å². The lowest BCUT2D eigenvalue weighted by Gasteiger charge is -2.14. The Balaban J connectivity index is 2.01. The fourth-order valence-electron chi connectivity index (χ4n) is 2.32. The van der Waals surface area contributed by atoms with E-state index < -0.39 is 0 Å². The van der Waals surface area contributed by atoms with Crippen molar-refractivity contribution in [3.63, 3.8) is 0 Å². The second-order valence-electron chi connectivity index (χ2n) is 4.74. The van der Waals surface area contributed by atoms with Gasteiger partial charge in [0.2, 0.25) is 5.91 Å². The molecule has 104 valence electrons. The van der Waals surface area contributed by atoms with Gasteiger partial charge in [-0.2, -0.15) is 0 Å². The lowest BCUT2D eigenvalue weighted by Crippen LogP contribution is -2.27. The van der Waals surface area contributed by atoms with Crippen LogP contribution < -0.4 is 10.6 Å². The van der Waals surface area contributed by atoms with Gasteiger partial charge < -0.3 is 15.4 Å². The lowest BCUT2D eigenvalue weighted by atomic mass is 10.1. The van der Waals surface area contributed by atoms with Crippen molar-refractivity contribution in [1.82, 2.24) is 5.32 Å². The van der Waals surface area contributed by atoms with E-state index in [-0.39, 0.29) is 5.91 Å². The number of benzene rings is 1. The van der Waals surface area contributed by atoms with Gasteiger partial charge in [0, 0.05) is 35.3 Å². The third-order valence-corrected chi connectivity index (χ3v) is 4.02. The van der Waals surface area contributed by atoms with Gasteiger partial charge in [0.05, 0.1) is 6.61 Å². The van der Waals surface area contributed by atoms with E-state index in [4.69, 9.17) is 4.74 Å². The molecule has 4 nitrogen and oxygen atoms in total. The van der Waals surface area contributed by atoms with Crippen molar-refractivity contribution in [1.29, 1.82) is 0 Å². The summed E-state index contributed by atoms with van der Waals surface area (Å²) in [5.41, 5.74) is 1.79. The smallest absolute Gasteiger partial charge is 0.225 e. The number of carbonyl (C=O) groups is 1. The number of halogens is 1. The van der Waals surface area contributed by atoms with Crippen molar-refractivity contribution >= 4 is 27.5 Å². The van der Waals surface area contributed by atoms with E-state index >= 15 is 0 Å². The minimum atomic E-state index is 0.0508. The molecule has 0 aromatic heterocycles. The topological polar surface area (TPSA) is 50.4 Å². The Kier molecular flexibility index (Phi) is 5.36. The lowest BCUT2D eigenvalue weighted by molar-refractivity contribution is -0.116. The van der Waals surface area contributed by atoms with Crippen molar-refractivity contribution in [2.24, 2.45) is 0 Å². The number of anilines is 1. The first-order valence-electron chi connectivity index (χ1n) is 6.50. The van der Waals surface area contributed by atoms with Gasteiger partial charge in [-0.25, -0.2) is 0 Å². The maximum absolute atomic E-state index is 12.0. The maximum atomic E-state index is 12.0. The number of amides is 1. The molecule has 2 rings (SSSR count). The molecule has 1 aliphatic rings. The molecule has 1 aromatic carbocycles. The van der Waals surface area contributed by atoms with Crippen LogP contribution in [-0.2, 0) is 16.1 Å². The molecule has 5 heteroatoms. The number of rotatable bonds is 5. The van der Waals surface area contributed by atoms with E-state index in [1.54, 1.807) is 7.11 Å². The molecule has 1 fully saturated rings. The summed E-state index contributed by atoms with van der Waals surface area (Å²) in [4.78, 5) is 12.0. The Bertz CT molecular complexity index is 445. The average Bonchev–Trinajstić information content (AvgIpc) is 2.86. The fraction of sp³-hybridized carbons (Fsp3) is 0.500. The minimum Gasteiger partial charge on any atom is -0.380 e. The van der Waals surface area contributed by atoms with E-state index in [2.05, 4.69) is 26.6 Å². The summed E-state index contributed by atoms with van der Waals surface area (Å²) in [6.07, 6.45) is 2.76. The largest absolute Gasteiger partial charge is 0.380 e. The fourth-order valence-corrected chi connectivity index (χ4v) is 2.80. The van der Waals surface area contributed by atoms with Crippen molar-refractivity contribution < 1.29 is 9.53 Å². The van der Waals surface area contributed by atoms with E-state index in [0.717, 1.165) is 35.1 Å². The van der Waals surface area contributed by atoms with Gasteiger partial charge >= 0.3 is 0 Å². The van der Waals surface area contributed by atoms with Crippen LogP contribution in [0.15, 0.2) is 22.7 Å². The molecule has 0 radical (unpaired) electrons. The normalized spacial score (nSPS) is 18.5. The predicted octanol–water partition coefficient (Wildman–Crippen LogP) is 2.68. The van der Waals surface area contributed by atoms with E-state index in [0.29, 0.717) is 19.1 Å². The van der Waals surface area contributed by atoms with E-state index in [1.165, 1.54) is 0 Å². The number of nitrogens with one attached hydrogen (secondary N) is 2. The summed E-state index contributed by atoms with van der Waals surface area (Å²) in [6.45, 7) is 1.49. The van der Waals surface area contributed by atoms with Crippen LogP contribution in [0.25, 0.3) is 0 Å². The van der Waals surface area contributed by atoms with Gasteiger partial charge in [0.25, 0.3) is 0 Å². The Hall–Kier alpha value is -0.910. The second-order valence-corrected chi connectivity index (χ2v) is 5.60. The van der Waals surface area contributed by atoms with Crippen molar-refractivity contribution in [3.8, 4) is 0 Å². The number of methoxy groups -OCH3 is 1. The number of carbonyl (C=O) groups excluding carboxylic acids is 1. The van der Waals surface area contributed by atoms with Gasteiger partial charge in [-0.15, -0.1) is 0 Å². The van der Waals surface area contributed by atoms with Crippen LogP contribution in [0, 0.1) is 0 Å².